The SMILES string of the molecule is CCNCc1ccc(N(C)CC(C)(C)C)c(Br)c1. The van der Waals surface area contributed by atoms with Gasteiger partial charge in [0.05, 0.1) is 5.69 Å². The fraction of sp³-hybridized carbons (Fsp3) is 0.600. The molecule has 0 bridgehead atoms. The molecule has 0 aliphatic heterocycles. The number of anilines is 1. The zero-order valence-corrected chi connectivity index (χ0v) is 13.8. The summed E-state index contributed by atoms with van der Waals surface area (Å²) in [4.78, 5) is 2.31. The highest BCUT2D eigenvalue weighted by Gasteiger charge is 2.15. The van der Waals surface area contributed by atoms with Crippen LogP contribution in [-0.2, 0) is 6.54 Å². The topological polar surface area (TPSA) is 15.3 Å². The highest BCUT2D eigenvalue weighted by atomic mass is 79.9. The summed E-state index contributed by atoms with van der Waals surface area (Å²) in [6.07, 6.45) is 0. The molecule has 0 aromatic heterocycles. The Balaban J connectivity index is 2.78. The molecule has 2 nitrogen and oxygen atoms in total. The highest BCUT2D eigenvalue weighted by molar-refractivity contribution is 9.10. The van der Waals surface area contributed by atoms with Crippen LogP contribution >= 0.6 is 15.9 Å². The van der Waals surface area contributed by atoms with E-state index in [-0.39, 0.29) is 0 Å². The number of hydrogen-bond acceptors (Lipinski definition) is 2. The van der Waals surface area contributed by atoms with Crippen LogP contribution in [0.25, 0.3) is 0 Å². The number of benzene rings is 1. The van der Waals surface area contributed by atoms with Gasteiger partial charge in [-0.1, -0.05) is 33.8 Å². The molecule has 0 aliphatic carbocycles. The number of hydrogen-bond donors (Lipinski definition) is 1. The van der Waals surface area contributed by atoms with Gasteiger partial charge in [0.1, 0.15) is 0 Å². The summed E-state index contributed by atoms with van der Waals surface area (Å²) >= 11 is 3.68. The van der Waals surface area contributed by atoms with Crippen LogP contribution in [0.3, 0.4) is 0 Å². The Morgan fingerprint density at radius 3 is 2.44 bits per heavy atom. The van der Waals surface area contributed by atoms with E-state index in [1.54, 1.807) is 0 Å². The summed E-state index contributed by atoms with van der Waals surface area (Å²) in [5.41, 5.74) is 2.87. The molecule has 0 saturated carbocycles. The largest absolute Gasteiger partial charge is 0.373 e. The van der Waals surface area contributed by atoms with E-state index >= 15 is 0 Å². The standard InChI is InChI=1S/C15H25BrN2/c1-6-17-10-12-7-8-14(13(16)9-12)18(5)11-15(2,3)4/h7-9,17H,6,10-11H2,1-5H3. The molecule has 1 aromatic carbocycles. The number of halogens is 1. The van der Waals surface area contributed by atoms with Gasteiger partial charge in [-0.15, -0.1) is 0 Å². The Labute approximate surface area is 120 Å². The molecule has 0 aliphatic rings. The summed E-state index contributed by atoms with van der Waals surface area (Å²) in [7, 11) is 2.15. The molecule has 0 spiro atoms. The predicted molar refractivity (Wildman–Crippen MR) is 84.2 cm³/mol. The number of nitrogens with zero attached hydrogens (tertiary/aromatic N) is 1. The average molecular weight is 313 g/mol. The average Bonchev–Trinajstić information content (AvgIpc) is 2.23. The summed E-state index contributed by atoms with van der Waals surface area (Å²) in [5, 5.41) is 3.34. The van der Waals surface area contributed by atoms with Crippen LogP contribution in [0, 0.1) is 5.41 Å². The third-order valence-corrected chi connectivity index (χ3v) is 3.35. The van der Waals surface area contributed by atoms with E-state index in [0.29, 0.717) is 5.41 Å². The lowest BCUT2D eigenvalue weighted by Gasteiger charge is -2.29. The first-order valence-electron chi connectivity index (χ1n) is 6.54. The van der Waals surface area contributed by atoms with Crippen molar-refractivity contribution < 1.29 is 0 Å². The molecular weight excluding hydrogens is 288 g/mol. The molecule has 0 saturated heterocycles. The van der Waals surface area contributed by atoms with Crippen molar-refractivity contribution in [2.75, 3.05) is 25.0 Å². The maximum absolute atomic E-state index is 3.68. The predicted octanol–water partition coefficient (Wildman–Crippen LogP) is 4.04. The summed E-state index contributed by atoms with van der Waals surface area (Å²) in [6.45, 7) is 11.9. The van der Waals surface area contributed by atoms with Crippen molar-refractivity contribution >= 4 is 21.6 Å². The van der Waals surface area contributed by atoms with Gasteiger partial charge in [0.25, 0.3) is 0 Å². The van der Waals surface area contributed by atoms with Gasteiger partial charge >= 0.3 is 0 Å². The van der Waals surface area contributed by atoms with Crippen molar-refractivity contribution in [2.24, 2.45) is 5.41 Å². The monoisotopic (exact) mass is 312 g/mol. The minimum Gasteiger partial charge on any atom is -0.373 e. The van der Waals surface area contributed by atoms with E-state index in [0.717, 1.165) is 19.6 Å². The molecular formula is C15H25BrN2. The van der Waals surface area contributed by atoms with Crippen molar-refractivity contribution in [1.29, 1.82) is 0 Å². The quantitative estimate of drug-likeness (QED) is 0.882. The van der Waals surface area contributed by atoms with Crippen LogP contribution in [0.1, 0.15) is 33.3 Å². The van der Waals surface area contributed by atoms with Gasteiger partial charge in [-0.05, 0) is 45.6 Å². The van der Waals surface area contributed by atoms with Gasteiger partial charge in [0.2, 0.25) is 0 Å². The Morgan fingerprint density at radius 1 is 1.28 bits per heavy atom. The van der Waals surface area contributed by atoms with E-state index < -0.39 is 0 Å². The fourth-order valence-electron chi connectivity index (χ4n) is 2.04. The molecule has 3 heteroatoms. The van der Waals surface area contributed by atoms with Gasteiger partial charge in [-0.25, -0.2) is 0 Å². The lowest BCUT2D eigenvalue weighted by molar-refractivity contribution is 0.419. The summed E-state index contributed by atoms with van der Waals surface area (Å²) in [5.74, 6) is 0. The zero-order chi connectivity index (χ0) is 13.8. The van der Waals surface area contributed by atoms with Gasteiger partial charge < -0.3 is 10.2 Å². The van der Waals surface area contributed by atoms with Crippen molar-refractivity contribution in [3.63, 3.8) is 0 Å². The second-order valence-electron chi connectivity index (χ2n) is 5.98. The van der Waals surface area contributed by atoms with Crippen LogP contribution in [0.5, 0.6) is 0 Å². The molecule has 0 atom stereocenters. The van der Waals surface area contributed by atoms with Crippen LogP contribution in [0.4, 0.5) is 5.69 Å². The Hall–Kier alpha value is -0.540. The summed E-state index contributed by atoms with van der Waals surface area (Å²) in [6, 6.07) is 6.60. The molecule has 102 valence electrons. The molecule has 1 N–H and O–H groups in total. The first-order valence-corrected chi connectivity index (χ1v) is 7.33. The zero-order valence-electron chi connectivity index (χ0n) is 12.2. The summed E-state index contributed by atoms with van der Waals surface area (Å²) < 4.78 is 1.17. The normalized spacial score (nSPS) is 11.7. The first kappa shape index (κ1) is 15.5. The van der Waals surface area contributed by atoms with Gasteiger partial charge in [0.15, 0.2) is 0 Å². The van der Waals surface area contributed by atoms with Gasteiger partial charge in [-0.3, -0.25) is 0 Å². The number of rotatable bonds is 5. The lowest BCUT2D eigenvalue weighted by atomic mass is 9.96. The molecule has 0 heterocycles. The molecule has 1 rings (SSSR count). The second-order valence-corrected chi connectivity index (χ2v) is 6.84. The molecule has 0 unspecified atom stereocenters. The van der Waals surface area contributed by atoms with Crippen molar-refractivity contribution in [2.45, 2.75) is 34.2 Å². The van der Waals surface area contributed by atoms with Crippen LogP contribution < -0.4 is 10.2 Å². The van der Waals surface area contributed by atoms with Crippen molar-refractivity contribution in [1.82, 2.24) is 5.32 Å². The van der Waals surface area contributed by atoms with Gasteiger partial charge in [-0.2, -0.15) is 0 Å². The van der Waals surface area contributed by atoms with E-state index in [1.807, 2.05) is 0 Å². The van der Waals surface area contributed by atoms with E-state index in [1.165, 1.54) is 15.7 Å². The van der Waals surface area contributed by atoms with Crippen molar-refractivity contribution in [3.8, 4) is 0 Å². The van der Waals surface area contributed by atoms with Crippen LogP contribution in [0.15, 0.2) is 22.7 Å². The number of nitrogens with one attached hydrogen (secondary N) is 1. The fourth-order valence-corrected chi connectivity index (χ4v) is 2.76. The smallest absolute Gasteiger partial charge is 0.0508 e. The van der Waals surface area contributed by atoms with Crippen LogP contribution in [-0.4, -0.2) is 20.1 Å². The van der Waals surface area contributed by atoms with E-state index in [2.05, 4.69) is 79.1 Å². The Kier molecular flexibility index (Phi) is 5.67. The Bertz CT molecular complexity index is 383. The lowest BCUT2D eigenvalue weighted by Crippen LogP contribution is -2.29. The second kappa shape index (κ2) is 6.58. The molecule has 1 aromatic rings. The maximum atomic E-state index is 3.68. The Morgan fingerprint density at radius 2 is 1.94 bits per heavy atom. The molecule has 0 amide bonds. The molecule has 0 fully saturated rings. The van der Waals surface area contributed by atoms with Crippen LogP contribution in [0.2, 0.25) is 0 Å². The minimum atomic E-state index is 0.302. The van der Waals surface area contributed by atoms with E-state index in [4.69, 9.17) is 0 Å². The molecule has 18 heavy (non-hydrogen) atoms. The highest BCUT2D eigenvalue weighted by Crippen LogP contribution is 2.28. The van der Waals surface area contributed by atoms with Crippen molar-refractivity contribution in [3.05, 3.63) is 28.2 Å². The third kappa shape index (κ3) is 4.99. The minimum absolute atomic E-state index is 0.302. The van der Waals surface area contributed by atoms with Gasteiger partial charge in [0, 0.05) is 24.6 Å². The maximum Gasteiger partial charge on any atom is 0.0508 e. The molecule has 0 radical (unpaired) electrons. The van der Waals surface area contributed by atoms with E-state index in [9.17, 15) is 0 Å². The third-order valence-electron chi connectivity index (χ3n) is 2.71. The first-order chi connectivity index (χ1) is 8.33.